The fraction of sp³-hybridized carbons (Fsp3) is 0.353. The number of rotatable bonds is 8. The number of nitrogens with zero attached hydrogens (tertiary/aromatic N) is 4. The van der Waals surface area contributed by atoms with Gasteiger partial charge in [-0.05, 0) is 112 Å². The summed E-state index contributed by atoms with van der Waals surface area (Å²) in [5, 5.41) is 40.4. The van der Waals surface area contributed by atoms with Crippen LogP contribution in [0.3, 0.4) is 0 Å². The number of carbonyl (C=O) groups is 2. The molecule has 5 aliphatic rings. The van der Waals surface area contributed by atoms with Crippen LogP contribution in [0.15, 0.2) is 112 Å². The first-order valence-electron chi connectivity index (χ1n) is 14.6. The normalized spacial score (nSPS) is 21.1. The highest BCUT2D eigenvalue weighted by Gasteiger charge is 2.31. The highest BCUT2D eigenvalue weighted by Crippen LogP contribution is 2.38. The summed E-state index contributed by atoms with van der Waals surface area (Å²) >= 11 is 0. The van der Waals surface area contributed by atoms with Gasteiger partial charge in [-0.1, -0.05) is 0 Å². The molecule has 10 heteroatoms. The van der Waals surface area contributed by atoms with Gasteiger partial charge in [-0.25, -0.2) is 20.0 Å². The number of aliphatic hydroxyl groups is 2. The molecule has 4 N–H and O–H groups in total. The van der Waals surface area contributed by atoms with Gasteiger partial charge in [0.25, 0.3) is 0 Å². The highest BCUT2D eigenvalue weighted by molar-refractivity contribution is 6.20. The van der Waals surface area contributed by atoms with Crippen molar-refractivity contribution in [1.29, 1.82) is 0 Å². The third kappa shape index (κ3) is 5.70. The number of aliphatic hydroxyl groups excluding tert-OH is 2. The molecule has 0 radical (unpaired) electrons. The predicted octanol–water partition coefficient (Wildman–Crippen LogP) is 5.11. The van der Waals surface area contributed by atoms with Crippen LogP contribution in [0.1, 0.15) is 67.2 Å². The van der Waals surface area contributed by atoms with Crippen LogP contribution < -0.4 is 0 Å². The summed E-state index contributed by atoms with van der Waals surface area (Å²) < 4.78 is 0. The summed E-state index contributed by atoms with van der Waals surface area (Å²) in [5.41, 5.74) is 10.6. The number of carboxylic acid groups (broad SMARTS) is 2. The molecule has 0 aromatic heterocycles. The van der Waals surface area contributed by atoms with Crippen molar-refractivity contribution in [3.63, 3.8) is 0 Å². The molecule has 5 heterocycles. The number of hydrogen-bond donors (Lipinski definition) is 4. The monoisotopic (exact) mass is 596 g/mol. The molecule has 0 saturated heterocycles. The SMILES string of the molecule is CC1=C(CCC(=O)O)C2=CC3=NC(=CC4=NC(=CC5=NC(=CC1=N2)C([C@@H](C)O)=C5C)C([C@@H](C)O)=C4C)C(C)=C3CCC(=O)O. The fourth-order valence-corrected chi connectivity index (χ4v) is 6.15. The highest BCUT2D eigenvalue weighted by atomic mass is 16.4. The van der Waals surface area contributed by atoms with E-state index in [1.54, 1.807) is 26.0 Å². The minimum absolute atomic E-state index is 0.0869. The average Bonchev–Trinajstić information content (AvgIpc) is 3.59. The molecular weight excluding hydrogens is 560 g/mol. The summed E-state index contributed by atoms with van der Waals surface area (Å²) in [6.07, 6.45) is 5.93. The zero-order valence-electron chi connectivity index (χ0n) is 25.7. The van der Waals surface area contributed by atoms with E-state index in [9.17, 15) is 30.0 Å². The Morgan fingerprint density at radius 1 is 0.568 bits per heavy atom. The number of fused-ring (bicyclic) bond motifs is 4. The molecule has 0 aromatic carbocycles. The van der Waals surface area contributed by atoms with Crippen LogP contribution in [0.5, 0.6) is 0 Å². The number of carboxylic acids is 2. The van der Waals surface area contributed by atoms with Crippen LogP contribution in [-0.4, -0.2) is 67.4 Å². The lowest BCUT2D eigenvalue weighted by Crippen LogP contribution is -2.09. The van der Waals surface area contributed by atoms with Gasteiger partial charge in [0.2, 0.25) is 0 Å². The molecule has 0 saturated carbocycles. The van der Waals surface area contributed by atoms with Crippen LogP contribution in [-0.2, 0) is 9.59 Å². The Bertz CT molecular complexity index is 1780. The number of aliphatic carboxylic acids is 2. The molecule has 0 fully saturated rings. The van der Waals surface area contributed by atoms with E-state index in [1.807, 2.05) is 39.8 Å². The van der Waals surface area contributed by atoms with E-state index >= 15 is 0 Å². The Labute approximate surface area is 255 Å². The average molecular weight is 597 g/mol. The molecule has 44 heavy (non-hydrogen) atoms. The van der Waals surface area contributed by atoms with Gasteiger partial charge >= 0.3 is 11.9 Å². The minimum Gasteiger partial charge on any atom is -0.481 e. The molecule has 0 unspecified atom stereocenters. The van der Waals surface area contributed by atoms with Crippen LogP contribution in [0.2, 0.25) is 0 Å². The molecular formula is C34H36N4O6. The van der Waals surface area contributed by atoms with E-state index in [-0.39, 0.29) is 25.7 Å². The third-order valence-corrected chi connectivity index (χ3v) is 8.49. The second-order valence-electron chi connectivity index (χ2n) is 11.5. The molecule has 2 atom stereocenters. The Hall–Kier alpha value is -4.54. The van der Waals surface area contributed by atoms with Crippen LogP contribution in [0.4, 0.5) is 0 Å². The molecule has 0 amide bonds. The second-order valence-corrected chi connectivity index (χ2v) is 11.5. The van der Waals surface area contributed by atoms with E-state index in [1.165, 1.54) is 0 Å². The smallest absolute Gasteiger partial charge is 0.303 e. The molecule has 10 nitrogen and oxygen atoms in total. The van der Waals surface area contributed by atoms with Crippen molar-refractivity contribution in [3.8, 4) is 0 Å². The molecule has 5 rings (SSSR count). The topological polar surface area (TPSA) is 164 Å². The lowest BCUT2D eigenvalue weighted by atomic mass is 9.95. The first kappa shape index (κ1) is 30.9. The predicted molar refractivity (Wildman–Crippen MR) is 170 cm³/mol. The van der Waals surface area contributed by atoms with Crippen LogP contribution in [0, 0.1) is 0 Å². The first-order valence-corrected chi connectivity index (χ1v) is 14.6. The largest absolute Gasteiger partial charge is 0.481 e. The second kappa shape index (κ2) is 11.9. The van der Waals surface area contributed by atoms with Crippen LogP contribution in [0.25, 0.3) is 0 Å². The van der Waals surface area contributed by atoms with Crippen molar-refractivity contribution in [2.45, 2.75) is 79.4 Å². The molecule has 0 spiro atoms. The zero-order valence-corrected chi connectivity index (χ0v) is 25.7. The van der Waals surface area contributed by atoms with Gasteiger partial charge in [-0.2, -0.15) is 0 Å². The zero-order chi connectivity index (χ0) is 32.0. The maximum atomic E-state index is 11.5. The summed E-state index contributed by atoms with van der Waals surface area (Å²) in [4.78, 5) is 42.6. The summed E-state index contributed by atoms with van der Waals surface area (Å²) in [6.45, 7) is 10.9. The van der Waals surface area contributed by atoms with Gasteiger partial charge in [-0.3, -0.25) is 9.59 Å². The maximum absolute atomic E-state index is 11.5. The van der Waals surface area contributed by atoms with Gasteiger partial charge in [-0.15, -0.1) is 0 Å². The van der Waals surface area contributed by atoms with Gasteiger partial charge in [0.05, 0.1) is 57.8 Å². The van der Waals surface area contributed by atoms with Crippen molar-refractivity contribution in [2.75, 3.05) is 0 Å². The third-order valence-electron chi connectivity index (χ3n) is 8.49. The number of allylic oxidation sites excluding steroid dienone is 10. The van der Waals surface area contributed by atoms with E-state index in [2.05, 4.69) is 0 Å². The standard InChI is InChI=1S/C34H36N4O6/c1-15-21(7-9-31(41)42)27-14-28-22(8-10-32(43)44)16(2)24(36-28)12-29-34(20(6)40)18(4)26(38-29)13-30-33(19(5)39)17(3)25(37-30)11-23(15)35-27/h11-14,19-20,39-40H,7-10H2,1-6H3,(H,41,42)(H,43,44)/t19-,20-/m1/s1. The minimum atomic E-state index is -0.931. The van der Waals surface area contributed by atoms with E-state index in [4.69, 9.17) is 20.0 Å². The molecule has 0 aromatic rings. The summed E-state index contributed by atoms with van der Waals surface area (Å²) in [6, 6.07) is 0. The van der Waals surface area contributed by atoms with Crippen molar-refractivity contribution in [2.24, 2.45) is 20.0 Å². The first-order chi connectivity index (χ1) is 20.8. The van der Waals surface area contributed by atoms with Gasteiger partial charge in [0.1, 0.15) is 0 Å². The maximum Gasteiger partial charge on any atom is 0.303 e. The molecule has 228 valence electrons. The molecule has 0 aliphatic carbocycles. The van der Waals surface area contributed by atoms with E-state index in [0.29, 0.717) is 56.8 Å². The van der Waals surface area contributed by atoms with Crippen molar-refractivity contribution in [3.05, 3.63) is 91.7 Å². The number of hydrogen-bond acceptors (Lipinski definition) is 8. The Morgan fingerprint density at radius 2 is 0.955 bits per heavy atom. The van der Waals surface area contributed by atoms with E-state index in [0.717, 1.165) is 33.4 Å². The quantitative estimate of drug-likeness (QED) is 0.304. The van der Waals surface area contributed by atoms with Gasteiger partial charge in [0.15, 0.2) is 0 Å². The van der Waals surface area contributed by atoms with Gasteiger partial charge < -0.3 is 20.4 Å². The lowest BCUT2D eigenvalue weighted by molar-refractivity contribution is -0.137. The summed E-state index contributed by atoms with van der Waals surface area (Å²) in [7, 11) is 0. The Balaban J connectivity index is 1.80. The fourth-order valence-electron chi connectivity index (χ4n) is 6.15. The van der Waals surface area contributed by atoms with Crippen molar-refractivity contribution < 1.29 is 30.0 Å². The van der Waals surface area contributed by atoms with E-state index < -0.39 is 24.1 Å². The van der Waals surface area contributed by atoms with Crippen molar-refractivity contribution in [1.82, 2.24) is 0 Å². The molecule has 8 bridgehead atoms. The van der Waals surface area contributed by atoms with Crippen molar-refractivity contribution >= 4 is 34.8 Å². The number of aliphatic imine (C=N–C) groups is 4. The Kier molecular flexibility index (Phi) is 8.33. The summed E-state index contributed by atoms with van der Waals surface area (Å²) in [5.74, 6) is -1.86. The lowest BCUT2D eigenvalue weighted by Gasteiger charge is -2.10. The molecule has 5 aliphatic heterocycles. The Morgan fingerprint density at radius 3 is 1.43 bits per heavy atom. The van der Waals surface area contributed by atoms with Crippen LogP contribution >= 0.6 is 0 Å². The van der Waals surface area contributed by atoms with Gasteiger partial charge in [0, 0.05) is 24.0 Å².